The van der Waals surface area contributed by atoms with E-state index in [0.717, 1.165) is 42.8 Å². The van der Waals surface area contributed by atoms with Gasteiger partial charge in [0.05, 0.1) is 12.3 Å². The molecular formula is C16H21NO2. The van der Waals surface area contributed by atoms with Crippen LogP contribution in [-0.4, -0.2) is 26.0 Å². The number of anilines is 1. The van der Waals surface area contributed by atoms with Gasteiger partial charge in [0.25, 0.3) is 0 Å². The predicted octanol–water partition coefficient (Wildman–Crippen LogP) is 3.44. The molecule has 0 N–H and O–H groups in total. The van der Waals surface area contributed by atoms with Gasteiger partial charge in [-0.15, -0.1) is 6.58 Å². The van der Waals surface area contributed by atoms with Crippen molar-refractivity contribution in [3.8, 4) is 5.75 Å². The van der Waals surface area contributed by atoms with Crippen molar-refractivity contribution in [2.45, 2.75) is 25.7 Å². The topological polar surface area (TPSA) is 29.5 Å². The van der Waals surface area contributed by atoms with Crippen LogP contribution in [0.1, 0.15) is 36.0 Å². The first kappa shape index (κ1) is 13.7. The largest absolute Gasteiger partial charge is 0.494 e. The van der Waals surface area contributed by atoms with Crippen LogP contribution in [0.2, 0.25) is 0 Å². The lowest BCUT2D eigenvalue weighted by Crippen LogP contribution is -2.17. The van der Waals surface area contributed by atoms with Gasteiger partial charge in [-0.3, -0.25) is 4.79 Å². The molecule has 0 spiro atoms. The van der Waals surface area contributed by atoms with Crippen LogP contribution in [-0.2, 0) is 0 Å². The fourth-order valence-corrected chi connectivity index (χ4v) is 2.30. The maximum atomic E-state index is 12.0. The molecule has 1 heterocycles. The SMILES string of the molecule is C=CCCCOc1ccc2c(c1)N(C)CCCC2=O. The number of hydrogen-bond acceptors (Lipinski definition) is 3. The number of carbonyl (C=O) groups is 1. The van der Waals surface area contributed by atoms with E-state index in [0.29, 0.717) is 13.0 Å². The molecule has 0 aliphatic carbocycles. The third-order valence-electron chi connectivity index (χ3n) is 3.40. The van der Waals surface area contributed by atoms with Gasteiger partial charge in [0.15, 0.2) is 5.78 Å². The van der Waals surface area contributed by atoms with E-state index < -0.39 is 0 Å². The number of rotatable bonds is 5. The van der Waals surface area contributed by atoms with Crippen LogP contribution in [0.5, 0.6) is 5.75 Å². The van der Waals surface area contributed by atoms with Gasteiger partial charge in [-0.2, -0.15) is 0 Å². The molecule has 0 bridgehead atoms. The number of fused-ring (bicyclic) bond motifs is 1. The summed E-state index contributed by atoms with van der Waals surface area (Å²) in [4.78, 5) is 14.1. The van der Waals surface area contributed by atoms with Crippen molar-refractivity contribution < 1.29 is 9.53 Å². The highest BCUT2D eigenvalue weighted by Gasteiger charge is 2.19. The van der Waals surface area contributed by atoms with Crippen molar-refractivity contribution in [3.05, 3.63) is 36.4 Å². The van der Waals surface area contributed by atoms with Crippen LogP contribution in [0, 0.1) is 0 Å². The zero-order valence-electron chi connectivity index (χ0n) is 11.5. The van der Waals surface area contributed by atoms with Gasteiger partial charge in [0.2, 0.25) is 0 Å². The summed E-state index contributed by atoms with van der Waals surface area (Å²) in [7, 11) is 2.03. The van der Waals surface area contributed by atoms with E-state index in [1.807, 2.05) is 31.3 Å². The number of allylic oxidation sites excluding steroid dienone is 1. The van der Waals surface area contributed by atoms with E-state index >= 15 is 0 Å². The lowest BCUT2D eigenvalue weighted by molar-refractivity contribution is 0.0984. The number of carbonyl (C=O) groups excluding carboxylic acids is 1. The molecule has 0 aromatic heterocycles. The van der Waals surface area contributed by atoms with E-state index in [4.69, 9.17) is 4.74 Å². The smallest absolute Gasteiger partial charge is 0.165 e. The summed E-state index contributed by atoms with van der Waals surface area (Å²) in [5.41, 5.74) is 1.81. The molecule has 1 aromatic rings. The van der Waals surface area contributed by atoms with Crippen molar-refractivity contribution in [2.24, 2.45) is 0 Å². The Bertz CT molecular complexity index is 468. The minimum absolute atomic E-state index is 0.234. The van der Waals surface area contributed by atoms with E-state index in [-0.39, 0.29) is 5.78 Å². The molecule has 0 fully saturated rings. The highest BCUT2D eigenvalue weighted by molar-refractivity contribution is 6.02. The number of nitrogens with zero attached hydrogens (tertiary/aromatic N) is 1. The van der Waals surface area contributed by atoms with Crippen LogP contribution < -0.4 is 9.64 Å². The molecule has 1 aliphatic heterocycles. The Hall–Kier alpha value is -1.77. The molecule has 1 aliphatic rings. The summed E-state index contributed by atoms with van der Waals surface area (Å²) < 4.78 is 5.71. The molecule has 0 atom stereocenters. The number of ketones is 1. The highest BCUT2D eigenvalue weighted by atomic mass is 16.5. The van der Waals surface area contributed by atoms with Gasteiger partial charge in [0.1, 0.15) is 5.75 Å². The zero-order chi connectivity index (χ0) is 13.7. The molecular weight excluding hydrogens is 238 g/mol. The standard InChI is InChI=1S/C16H21NO2/c1-3-4-5-11-19-13-8-9-14-15(12-13)17(2)10-6-7-16(14)18/h3,8-9,12H,1,4-7,10-11H2,2H3. The first-order valence-corrected chi connectivity index (χ1v) is 6.84. The molecule has 0 saturated heterocycles. The molecule has 1 aromatic carbocycles. The average molecular weight is 259 g/mol. The Morgan fingerprint density at radius 1 is 1.47 bits per heavy atom. The number of unbranched alkanes of at least 4 members (excludes halogenated alkanes) is 1. The lowest BCUT2D eigenvalue weighted by Gasteiger charge is -2.19. The molecule has 19 heavy (non-hydrogen) atoms. The molecule has 3 nitrogen and oxygen atoms in total. The molecule has 0 saturated carbocycles. The number of hydrogen-bond donors (Lipinski definition) is 0. The van der Waals surface area contributed by atoms with E-state index in [1.165, 1.54) is 0 Å². The van der Waals surface area contributed by atoms with Crippen molar-refractivity contribution in [3.63, 3.8) is 0 Å². The molecule has 0 unspecified atom stereocenters. The summed E-state index contributed by atoms with van der Waals surface area (Å²) in [5.74, 6) is 1.07. The zero-order valence-corrected chi connectivity index (χ0v) is 11.5. The number of benzene rings is 1. The third kappa shape index (κ3) is 3.37. The Balaban J connectivity index is 2.12. The quantitative estimate of drug-likeness (QED) is 0.599. The Morgan fingerprint density at radius 3 is 3.11 bits per heavy atom. The van der Waals surface area contributed by atoms with Crippen molar-refractivity contribution in [1.29, 1.82) is 0 Å². The van der Waals surface area contributed by atoms with Crippen LogP contribution in [0.3, 0.4) is 0 Å². The van der Waals surface area contributed by atoms with Gasteiger partial charge >= 0.3 is 0 Å². The molecule has 0 radical (unpaired) electrons. The fraction of sp³-hybridized carbons (Fsp3) is 0.438. The van der Waals surface area contributed by atoms with E-state index in [9.17, 15) is 4.79 Å². The third-order valence-corrected chi connectivity index (χ3v) is 3.40. The average Bonchev–Trinajstić information content (AvgIpc) is 2.55. The molecule has 2 rings (SSSR count). The summed E-state index contributed by atoms with van der Waals surface area (Å²) in [5, 5.41) is 0. The Labute approximate surface area is 114 Å². The molecule has 3 heteroatoms. The van der Waals surface area contributed by atoms with Crippen molar-refractivity contribution >= 4 is 11.5 Å². The molecule has 0 amide bonds. The summed E-state index contributed by atoms with van der Waals surface area (Å²) in [6.07, 6.45) is 5.38. The summed E-state index contributed by atoms with van der Waals surface area (Å²) >= 11 is 0. The normalized spacial score (nSPS) is 14.8. The summed E-state index contributed by atoms with van der Waals surface area (Å²) in [6.45, 7) is 5.29. The van der Waals surface area contributed by atoms with Gasteiger partial charge in [-0.25, -0.2) is 0 Å². The van der Waals surface area contributed by atoms with Crippen molar-refractivity contribution in [1.82, 2.24) is 0 Å². The monoisotopic (exact) mass is 259 g/mol. The predicted molar refractivity (Wildman–Crippen MR) is 78.2 cm³/mol. The maximum Gasteiger partial charge on any atom is 0.165 e. The second kappa shape index (κ2) is 6.41. The van der Waals surface area contributed by atoms with Crippen LogP contribution in [0.4, 0.5) is 5.69 Å². The second-order valence-electron chi connectivity index (χ2n) is 4.91. The fourth-order valence-electron chi connectivity index (χ4n) is 2.30. The minimum atomic E-state index is 0.234. The molecule has 102 valence electrons. The minimum Gasteiger partial charge on any atom is -0.494 e. The van der Waals surface area contributed by atoms with Crippen molar-refractivity contribution in [2.75, 3.05) is 25.1 Å². The number of Topliss-reactive ketones (excluding diaryl/α,β-unsaturated/α-hetero) is 1. The van der Waals surface area contributed by atoms with Crippen LogP contribution >= 0.6 is 0 Å². The first-order valence-electron chi connectivity index (χ1n) is 6.84. The van der Waals surface area contributed by atoms with E-state index in [2.05, 4.69) is 11.5 Å². The first-order chi connectivity index (χ1) is 9.22. The number of ether oxygens (including phenoxy) is 1. The van der Waals surface area contributed by atoms with E-state index in [1.54, 1.807) is 0 Å². The second-order valence-corrected chi connectivity index (χ2v) is 4.91. The summed E-state index contributed by atoms with van der Waals surface area (Å²) in [6, 6.07) is 5.76. The van der Waals surface area contributed by atoms with Gasteiger partial charge in [-0.05, 0) is 31.4 Å². The highest BCUT2D eigenvalue weighted by Crippen LogP contribution is 2.29. The van der Waals surface area contributed by atoms with Gasteiger partial charge in [-0.1, -0.05) is 6.08 Å². The van der Waals surface area contributed by atoms with Gasteiger partial charge in [0, 0.05) is 31.6 Å². The lowest BCUT2D eigenvalue weighted by atomic mass is 10.1. The Morgan fingerprint density at radius 2 is 2.32 bits per heavy atom. The Kier molecular flexibility index (Phi) is 4.61. The maximum absolute atomic E-state index is 12.0. The van der Waals surface area contributed by atoms with Crippen LogP contribution in [0.15, 0.2) is 30.9 Å². The van der Waals surface area contributed by atoms with Gasteiger partial charge < -0.3 is 9.64 Å². The van der Waals surface area contributed by atoms with Crippen LogP contribution in [0.25, 0.3) is 0 Å².